The number of pyridine rings is 1. The molecule has 1 saturated heterocycles. The monoisotopic (exact) mass is 376 g/mol. The van der Waals surface area contributed by atoms with Crippen LogP contribution in [0.3, 0.4) is 0 Å². The van der Waals surface area contributed by atoms with E-state index < -0.39 is 0 Å². The number of halogens is 1. The van der Waals surface area contributed by atoms with Crippen molar-refractivity contribution in [3.8, 4) is 17.4 Å². The van der Waals surface area contributed by atoms with Crippen molar-refractivity contribution in [3.05, 3.63) is 46.6 Å². The Morgan fingerprint density at radius 3 is 3.00 bits per heavy atom. The fourth-order valence-electron chi connectivity index (χ4n) is 2.74. The number of carbonyl (C=O) groups excluding carboxylic acids is 1. The second-order valence-corrected chi connectivity index (χ2v) is 6.39. The molecule has 1 aromatic carbocycles. The zero-order valence-electron chi connectivity index (χ0n) is 13.9. The number of hydrogen-bond donors (Lipinski definition) is 1. The molecule has 1 atom stereocenters. The minimum absolute atomic E-state index is 0.0503. The fraction of sp³-hybridized carbons (Fsp3) is 0.333. The van der Waals surface area contributed by atoms with Gasteiger partial charge in [0.2, 0.25) is 12.7 Å². The standard InChI is InChI=1S/C18H17ClN2O5/c19-14-6-12(8-21-18(14)26-13-3-4-23-9-13)17(22)20-7-11-1-2-15-16(5-11)25-10-24-15/h1-2,5-6,8,13H,3-4,7,9-10H2,(H,20,22). The summed E-state index contributed by atoms with van der Waals surface area (Å²) in [6.45, 7) is 1.76. The van der Waals surface area contributed by atoms with E-state index in [1.807, 2.05) is 18.2 Å². The molecule has 3 heterocycles. The quantitative estimate of drug-likeness (QED) is 0.864. The number of fused-ring (bicyclic) bond motifs is 1. The van der Waals surface area contributed by atoms with Crippen molar-refractivity contribution < 1.29 is 23.7 Å². The van der Waals surface area contributed by atoms with Crippen molar-refractivity contribution in [2.75, 3.05) is 20.0 Å². The van der Waals surface area contributed by atoms with E-state index in [9.17, 15) is 4.79 Å². The Morgan fingerprint density at radius 1 is 1.31 bits per heavy atom. The molecule has 26 heavy (non-hydrogen) atoms. The molecule has 1 aromatic heterocycles. The van der Waals surface area contributed by atoms with E-state index in [1.54, 1.807) is 6.07 Å². The molecule has 0 saturated carbocycles. The molecular weight excluding hydrogens is 360 g/mol. The predicted molar refractivity (Wildman–Crippen MR) is 92.8 cm³/mol. The van der Waals surface area contributed by atoms with Gasteiger partial charge < -0.3 is 24.3 Å². The van der Waals surface area contributed by atoms with Gasteiger partial charge in [0.1, 0.15) is 11.1 Å². The van der Waals surface area contributed by atoms with E-state index >= 15 is 0 Å². The predicted octanol–water partition coefficient (Wildman–Crippen LogP) is 2.56. The third kappa shape index (κ3) is 3.68. The van der Waals surface area contributed by atoms with E-state index in [0.29, 0.717) is 47.7 Å². The highest BCUT2D eigenvalue weighted by Gasteiger charge is 2.20. The first kappa shape index (κ1) is 16.9. The Hall–Kier alpha value is -2.51. The van der Waals surface area contributed by atoms with Gasteiger partial charge in [-0.05, 0) is 23.8 Å². The van der Waals surface area contributed by atoms with Crippen LogP contribution in [0.5, 0.6) is 17.4 Å². The highest BCUT2D eigenvalue weighted by molar-refractivity contribution is 6.32. The molecule has 136 valence electrons. The number of hydrogen-bond acceptors (Lipinski definition) is 6. The van der Waals surface area contributed by atoms with Gasteiger partial charge in [-0.15, -0.1) is 0 Å². The van der Waals surface area contributed by atoms with Gasteiger partial charge in [0.25, 0.3) is 5.91 Å². The van der Waals surface area contributed by atoms with E-state index in [2.05, 4.69) is 10.3 Å². The molecule has 2 aromatic rings. The summed E-state index contributed by atoms with van der Waals surface area (Å²) in [7, 11) is 0. The lowest BCUT2D eigenvalue weighted by atomic mass is 10.2. The van der Waals surface area contributed by atoms with Gasteiger partial charge in [0.05, 0.1) is 18.8 Å². The smallest absolute Gasteiger partial charge is 0.253 e. The summed E-state index contributed by atoms with van der Waals surface area (Å²) in [5, 5.41) is 3.13. The maximum absolute atomic E-state index is 12.3. The normalized spacial score (nSPS) is 18.0. The first-order valence-electron chi connectivity index (χ1n) is 8.26. The third-order valence-corrected chi connectivity index (χ3v) is 4.40. The molecule has 1 fully saturated rings. The largest absolute Gasteiger partial charge is 0.471 e. The Bertz CT molecular complexity index is 823. The Balaban J connectivity index is 1.37. The fourth-order valence-corrected chi connectivity index (χ4v) is 2.95. The summed E-state index contributed by atoms with van der Waals surface area (Å²) < 4.78 is 21.5. The van der Waals surface area contributed by atoms with Gasteiger partial charge in [-0.25, -0.2) is 4.98 Å². The van der Waals surface area contributed by atoms with Crippen LogP contribution in [0, 0.1) is 0 Å². The first-order valence-corrected chi connectivity index (χ1v) is 8.63. The number of benzene rings is 1. The van der Waals surface area contributed by atoms with Gasteiger partial charge in [-0.3, -0.25) is 4.79 Å². The Labute approximate surface area is 155 Å². The number of carbonyl (C=O) groups is 1. The van der Waals surface area contributed by atoms with Crippen molar-refractivity contribution in [1.29, 1.82) is 0 Å². The summed E-state index contributed by atoms with van der Waals surface area (Å²) in [5.41, 5.74) is 1.27. The second-order valence-electron chi connectivity index (χ2n) is 5.98. The summed E-state index contributed by atoms with van der Waals surface area (Å²) in [4.78, 5) is 16.5. The molecule has 1 unspecified atom stereocenters. The van der Waals surface area contributed by atoms with Gasteiger partial charge in [-0.1, -0.05) is 17.7 Å². The number of nitrogens with one attached hydrogen (secondary N) is 1. The molecular formula is C18H17ClN2O5. The van der Waals surface area contributed by atoms with Crippen LogP contribution >= 0.6 is 11.6 Å². The van der Waals surface area contributed by atoms with Crippen molar-refractivity contribution in [2.45, 2.75) is 19.1 Å². The summed E-state index contributed by atoms with van der Waals surface area (Å²) in [5.74, 6) is 1.43. The summed E-state index contributed by atoms with van der Waals surface area (Å²) >= 11 is 6.19. The topological polar surface area (TPSA) is 78.9 Å². The van der Waals surface area contributed by atoms with Crippen LogP contribution in [0.25, 0.3) is 0 Å². The first-order chi connectivity index (χ1) is 12.7. The molecule has 2 aliphatic rings. The van der Waals surface area contributed by atoms with Crippen molar-refractivity contribution in [1.82, 2.24) is 10.3 Å². The van der Waals surface area contributed by atoms with E-state index in [0.717, 1.165) is 12.0 Å². The molecule has 7 nitrogen and oxygen atoms in total. The second kappa shape index (κ2) is 7.39. The minimum atomic E-state index is -0.271. The van der Waals surface area contributed by atoms with Crippen LogP contribution in [0.4, 0.5) is 0 Å². The van der Waals surface area contributed by atoms with E-state index in [4.69, 9.17) is 30.5 Å². The number of rotatable bonds is 5. The number of amides is 1. The summed E-state index contributed by atoms with van der Waals surface area (Å²) in [6.07, 6.45) is 2.20. The van der Waals surface area contributed by atoms with Gasteiger partial charge in [0, 0.05) is 19.2 Å². The lowest BCUT2D eigenvalue weighted by molar-refractivity contribution is 0.0950. The molecule has 0 spiro atoms. The van der Waals surface area contributed by atoms with Crippen molar-refractivity contribution in [3.63, 3.8) is 0 Å². The molecule has 0 aliphatic carbocycles. The highest BCUT2D eigenvalue weighted by Crippen LogP contribution is 2.32. The molecule has 1 amide bonds. The maximum atomic E-state index is 12.3. The Morgan fingerprint density at radius 2 is 2.19 bits per heavy atom. The molecule has 0 radical (unpaired) electrons. The lowest BCUT2D eigenvalue weighted by Crippen LogP contribution is -2.23. The number of aromatic nitrogens is 1. The number of ether oxygens (including phenoxy) is 4. The van der Waals surface area contributed by atoms with Crippen LogP contribution in [0.1, 0.15) is 22.3 Å². The van der Waals surface area contributed by atoms with Crippen LogP contribution < -0.4 is 19.5 Å². The maximum Gasteiger partial charge on any atom is 0.253 e. The van der Waals surface area contributed by atoms with Crippen LogP contribution in [-0.4, -0.2) is 37.0 Å². The Kier molecular flexibility index (Phi) is 4.81. The molecule has 4 rings (SSSR count). The zero-order chi connectivity index (χ0) is 17.9. The van der Waals surface area contributed by atoms with Gasteiger partial charge in [0.15, 0.2) is 11.5 Å². The zero-order valence-corrected chi connectivity index (χ0v) is 14.6. The molecule has 2 aliphatic heterocycles. The van der Waals surface area contributed by atoms with Crippen LogP contribution in [-0.2, 0) is 11.3 Å². The number of nitrogens with zero attached hydrogens (tertiary/aromatic N) is 1. The average Bonchev–Trinajstić information content (AvgIpc) is 3.32. The minimum Gasteiger partial charge on any atom is -0.471 e. The lowest BCUT2D eigenvalue weighted by Gasteiger charge is -2.12. The van der Waals surface area contributed by atoms with Gasteiger partial charge in [-0.2, -0.15) is 0 Å². The highest BCUT2D eigenvalue weighted by atomic mass is 35.5. The molecule has 0 bridgehead atoms. The average molecular weight is 377 g/mol. The van der Waals surface area contributed by atoms with E-state index in [1.165, 1.54) is 6.20 Å². The third-order valence-electron chi connectivity index (χ3n) is 4.13. The van der Waals surface area contributed by atoms with E-state index in [-0.39, 0.29) is 18.8 Å². The van der Waals surface area contributed by atoms with Crippen LogP contribution in [0.2, 0.25) is 5.02 Å². The summed E-state index contributed by atoms with van der Waals surface area (Å²) in [6, 6.07) is 7.09. The SMILES string of the molecule is O=C(NCc1ccc2c(c1)OCO2)c1cnc(OC2CCOC2)c(Cl)c1. The van der Waals surface area contributed by atoms with Gasteiger partial charge >= 0.3 is 0 Å². The molecule has 1 N–H and O–H groups in total. The molecule has 8 heteroatoms. The van der Waals surface area contributed by atoms with Crippen LogP contribution in [0.15, 0.2) is 30.5 Å². The van der Waals surface area contributed by atoms with Crippen molar-refractivity contribution in [2.24, 2.45) is 0 Å². The van der Waals surface area contributed by atoms with Crippen molar-refractivity contribution >= 4 is 17.5 Å².